The van der Waals surface area contributed by atoms with E-state index in [1.165, 1.54) is 6.08 Å². The van der Waals surface area contributed by atoms with Crippen molar-refractivity contribution in [1.29, 1.82) is 0 Å². The minimum Gasteiger partial charge on any atom is -0.478 e. The van der Waals surface area contributed by atoms with Gasteiger partial charge in [0.1, 0.15) is 0 Å². The molecule has 0 amide bonds. The molecule has 0 aromatic rings. The summed E-state index contributed by atoms with van der Waals surface area (Å²) in [5.74, 6) is -1.36. The Balaban J connectivity index is 0. The smallest absolute Gasteiger partial charge is 0.330 e. The molecule has 0 aromatic heterocycles. The van der Waals surface area contributed by atoms with Gasteiger partial charge in [-0.2, -0.15) is 0 Å². The van der Waals surface area contributed by atoms with Crippen molar-refractivity contribution in [3.8, 4) is 0 Å². The number of esters is 1. The normalized spacial score (nSPS) is 9.76. The first-order valence-corrected chi connectivity index (χ1v) is 5.00. The van der Waals surface area contributed by atoms with Gasteiger partial charge in [0.25, 0.3) is 0 Å². The van der Waals surface area contributed by atoms with Gasteiger partial charge < -0.3 is 14.9 Å². The van der Waals surface area contributed by atoms with Crippen molar-refractivity contribution in [2.24, 2.45) is 0 Å². The first kappa shape index (κ1) is 17.5. The van der Waals surface area contributed by atoms with Gasteiger partial charge in [0.2, 0.25) is 0 Å². The third kappa shape index (κ3) is 20.3. The van der Waals surface area contributed by atoms with E-state index in [0.29, 0.717) is 6.42 Å². The molecule has 0 unspecified atom stereocenters. The number of carboxylic acids is 1. The molecule has 0 saturated heterocycles. The third-order valence-electron chi connectivity index (χ3n) is 1.26. The van der Waals surface area contributed by atoms with Crippen molar-refractivity contribution in [3.05, 3.63) is 37.0 Å². The van der Waals surface area contributed by atoms with E-state index in [9.17, 15) is 9.59 Å². The van der Waals surface area contributed by atoms with Crippen LogP contribution in [0.3, 0.4) is 0 Å². The van der Waals surface area contributed by atoms with Gasteiger partial charge in [-0.1, -0.05) is 24.8 Å². The van der Waals surface area contributed by atoms with Crippen molar-refractivity contribution in [2.45, 2.75) is 13.3 Å². The van der Waals surface area contributed by atoms with Gasteiger partial charge in [0.05, 0.1) is 6.61 Å². The lowest BCUT2D eigenvalue weighted by atomic mass is 10.4. The quantitative estimate of drug-likeness (QED) is 0.317. The number of rotatable bonds is 6. The summed E-state index contributed by atoms with van der Waals surface area (Å²) in [6.07, 6.45) is 7.56. The van der Waals surface area contributed by atoms with Gasteiger partial charge in [-0.05, 0) is 6.92 Å². The molecular weight excluding hydrogens is 224 g/mol. The highest BCUT2D eigenvalue weighted by atomic mass is 16.5. The van der Waals surface area contributed by atoms with Gasteiger partial charge in [0, 0.05) is 25.2 Å². The van der Waals surface area contributed by atoms with Crippen molar-refractivity contribution in [1.82, 2.24) is 0 Å². The second kappa shape index (κ2) is 14.1. The highest BCUT2D eigenvalue weighted by molar-refractivity contribution is 5.81. The summed E-state index contributed by atoms with van der Waals surface area (Å²) in [6, 6.07) is 0. The zero-order valence-electron chi connectivity index (χ0n) is 9.83. The van der Waals surface area contributed by atoms with Crippen LogP contribution in [0.1, 0.15) is 13.3 Å². The average molecular weight is 242 g/mol. The Morgan fingerprint density at radius 3 is 2.41 bits per heavy atom. The number of aliphatic hydroxyl groups is 1. The predicted octanol–water partition coefficient (Wildman–Crippen LogP) is 1.30. The minimum absolute atomic E-state index is 0.0461. The van der Waals surface area contributed by atoms with Crippen molar-refractivity contribution < 1.29 is 24.5 Å². The number of ether oxygens (including phenoxy) is 1. The maximum atomic E-state index is 10.3. The van der Waals surface area contributed by atoms with E-state index in [4.69, 9.17) is 10.2 Å². The Bertz CT molecular complexity index is 279. The SMILES string of the molecule is C/C=C/C=C/C(=O)O.C=CC(=O)OCCCO. The van der Waals surface area contributed by atoms with Crippen LogP contribution in [0.5, 0.6) is 0 Å². The fourth-order valence-corrected chi connectivity index (χ4v) is 0.545. The Morgan fingerprint density at radius 1 is 1.35 bits per heavy atom. The van der Waals surface area contributed by atoms with Crippen LogP contribution in [0.2, 0.25) is 0 Å². The molecule has 0 aliphatic heterocycles. The van der Waals surface area contributed by atoms with Crippen LogP contribution in [0.15, 0.2) is 37.0 Å². The van der Waals surface area contributed by atoms with Crippen LogP contribution < -0.4 is 0 Å². The predicted molar refractivity (Wildman–Crippen MR) is 64.4 cm³/mol. The number of carbonyl (C=O) groups is 2. The zero-order chi connectivity index (χ0) is 13.5. The number of hydrogen-bond donors (Lipinski definition) is 2. The monoisotopic (exact) mass is 242 g/mol. The summed E-state index contributed by atoms with van der Waals surface area (Å²) in [5, 5.41) is 16.3. The van der Waals surface area contributed by atoms with Crippen LogP contribution in [0.25, 0.3) is 0 Å². The van der Waals surface area contributed by atoms with E-state index in [0.717, 1.165) is 12.2 Å². The molecule has 5 nitrogen and oxygen atoms in total. The summed E-state index contributed by atoms with van der Waals surface area (Å²) in [7, 11) is 0. The van der Waals surface area contributed by atoms with Crippen LogP contribution in [-0.2, 0) is 14.3 Å². The summed E-state index contributed by atoms with van der Waals surface area (Å²) in [6.45, 7) is 5.34. The lowest BCUT2D eigenvalue weighted by Gasteiger charge is -1.96. The van der Waals surface area contributed by atoms with Gasteiger partial charge >= 0.3 is 11.9 Å². The van der Waals surface area contributed by atoms with Crippen molar-refractivity contribution >= 4 is 11.9 Å². The van der Waals surface area contributed by atoms with Crippen LogP contribution in [0, 0.1) is 0 Å². The van der Waals surface area contributed by atoms with Gasteiger partial charge in [-0.3, -0.25) is 0 Å². The van der Waals surface area contributed by atoms with E-state index in [1.54, 1.807) is 12.2 Å². The fourth-order valence-electron chi connectivity index (χ4n) is 0.545. The molecule has 0 spiro atoms. The maximum Gasteiger partial charge on any atom is 0.330 e. The van der Waals surface area contributed by atoms with E-state index in [1.807, 2.05) is 6.92 Å². The number of aliphatic hydroxyl groups excluding tert-OH is 1. The average Bonchev–Trinajstić information content (AvgIpc) is 2.30. The lowest BCUT2D eigenvalue weighted by molar-refractivity contribution is -0.138. The number of aliphatic carboxylic acids is 1. The molecule has 0 radical (unpaired) electrons. The topological polar surface area (TPSA) is 83.8 Å². The lowest BCUT2D eigenvalue weighted by Crippen LogP contribution is -2.02. The number of carbonyl (C=O) groups excluding carboxylic acids is 1. The number of carboxylic acid groups (broad SMARTS) is 1. The van der Waals surface area contributed by atoms with Gasteiger partial charge in [-0.15, -0.1) is 0 Å². The van der Waals surface area contributed by atoms with Crippen LogP contribution in [-0.4, -0.2) is 35.4 Å². The zero-order valence-corrected chi connectivity index (χ0v) is 9.83. The standard InChI is InChI=1S/C6H10O3.C6H8O2/c1-2-6(8)9-5-3-4-7;1-2-3-4-5-6(7)8/h2,7H,1,3-5H2;2-5H,1H3,(H,7,8)/b;3-2+,5-4+. The molecule has 96 valence electrons. The van der Waals surface area contributed by atoms with E-state index in [-0.39, 0.29) is 13.2 Å². The van der Waals surface area contributed by atoms with Crippen molar-refractivity contribution in [3.63, 3.8) is 0 Å². The molecule has 2 N–H and O–H groups in total. The van der Waals surface area contributed by atoms with E-state index < -0.39 is 11.9 Å². The molecule has 0 heterocycles. The summed E-state index contributed by atoms with van der Waals surface area (Å²) >= 11 is 0. The molecule has 0 rings (SSSR count). The Kier molecular flexibility index (Phi) is 14.5. The summed E-state index contributed by atoms with van der Waals surface area (Å²) < 4.78 is 4.51. The largest absolute Gasteiger partial charge is 0.478 e. The number of hydrogen-bond acceptors (Lipinski definition) is 4. The highest BCUT2D eigenvalue weighted by Gasteiger charge is 1.91. The van der Waals surface area contributed by atoms with E-state index in [2.05, 4.69) is 11.3 Å². The van der Waals surface area contributed by atoms with Crippen molar-refractivity contribution in [2.75, 3.05) is 13.2 Å². The van der Waals surface area contributed by atoms with Crippen LogP contribution >= 0.6 is 0 Å². The molecule has 17 heavy (non-hydrogen) atoms. The Morgan fingerprint density at radius 2 is 2.00 bits per heavy atom. The fraction of sp³-hybridized carbons (Fsp3) is 0.333. The molecule has 0 bridgehead atoms. The molecule has 5 heteroatoms. The van der Waals surface area contributed by atoms with Gasteiger partial charge in [0.15, 0.2) is 0 Å². The van der Waals surface area contributed by atoms with E-state index >= 15 is 0 Å². The molecule has 0 saturated carbocycles. The molecule has 0 atom stereocenters. The minimum atomic E-state index is -0.914. The molecular formula is C12H18O5. The van der Waals surface area contributed by atoms with Gasteiger partial charge in [-0.25, -0.2) is 9.59 Å². The van der Waals surface area contributed by atoms with Crippen LogP contribution in [0.4, 0.5) is 0 Å². The molecule has 0 aliphatic rings. The third-order valence-corrected chi connectivity index (χ3v) is 1.26. The molecule has 0 aliphatic carbocycles. The number of allylic oxidation sites excluding steroid dienone is 3. The highest BCUT2D eigenvalue weighted by Crippen LogP contribution is 1.82. The summed E-state index contributed by atoms with van der Waals surface area (Å²) in [4.78, 5) is 20.0. The molecule has 0 fully saturated rings. The Labute approximate surface area is 101 Å². The summed E-state index contributed by atoms with van der Waals surface area (Å²) in [5.41, 5.74) is 0. The second-order valence-corrected chi connectivity index (χ2v) is 2.67. The molecule has 0 aromatic carbocycles. The second-order valence-electron chi connectivity index (χ2n) is 2.67. The Hall–Kier alpha value is -1.88. The first-order chi connectivity index (χ1) is 8.08. The first-order valence-electron chi connectivity index (χ1n) is 5.00. The maximum absolute atomic E-state index is 10.3.